The third-order valence-corrected chi connectivity index (χ3v) is 4.80. The van der Waals surface area contributed by atoms with Crippen molar-refractivity contribution in [3.8, 4) is 0 Å². The molecule has 6 heteroatoms. The van der Waals surface area contributed by atoms with Gasteiger partial charge in [-0.1, -0.05) is 0 Å². The number of likely N-dealkylation sites (N-methyl/N-ethyl adjacent to an activating group) is 1. The first kappa shape index (κ1) is 14.5. The van der Waals surface area contributed by atoms with Crippen LogP contribution in [0.4, 0.5) is 0 Å². The lowest BCUT2D eigenvalue weighted by Gasteiger charge is -2.34. The van der Waals surface area contributed by atoms with Crippen LogP contribution in [0.5, 0.6) is 0 Å². The van der Waals surface area contributed by atoms with Gasteiger partial charge in [0.1, 0.15) is 0 Å². The van der Waals surface area contributed by atoms with E-state index in [1.807, 2.05) is 11.8 Å². The van der Waals surface area contributed by atoms with E-state index < -0.39 is 0 Å². The highest BCUT2D eigenvalue weighted by atomic mass is 16.2. The molecule has 1 aromatic rings. The van der Waals surface area contributed by atoms with Crippen LogP contribution >= 0.6 is 0 Å². The highest BCUT2D eigenvalue weighted by molar-refractivity contribution is 5.78. The minimum atomic E-state index is 0.238. The molecular weight excluding hydrogens is 266 g/mol. The number of carbonyl (C=O) groups excluding carboxylic acids is 1. The van der Waals surface area contributed by atoms with E-state index in [-0.39, 0.29) is 5.91 Å². The predicted octanol–water partition coefficient (Wildman–Crippen LogP) is 0.287. The normalized spacial score (nSPS) is 19.9. The second kappa shape index (κ2) is 6.15. The molecule has 21 heavy (non-hydrogen) atoms. The molecule has 0 aliphatic carbocycles. The van der Waals surface area contributed by atoms with Crippen LogP contribution in [0.15, 0.2) is 0 Å². The first-order valence-electron chi connectivity index (χ1n) is 7.86. The maximum atomic E-state index is 12.5. The Bertz CT molecular complexity index is 506. The number of H-pyrrole nitrogens is 1. The van der Waals surface area contributed by atoms with Gasteiger partial charge >= 0.3 is 0 Å². The Labute approximate surface area is 125 Å². The van der Waals surface area contributed by atoms with Crippen molar-refractivity contribution in [1.29, 1.82) is 0 Å². The summed E-state index contributed by atoms with van der Waals surface area (Å²) >= 11 is 0. The van der Waals surface area contributed by atoms with Gasteiger partial charge in [-0.2, -0.15) is 5.10 Å². The topological polar surface area (TPSA) is 64.3 Å². The smallest absolute Gasteiger partial charge is 0.237 e. The van der Waals surface area contributed by atoms with Gasteiger partial charge in [-0.3, -0.25) is 14.8 Å². The number of hydrogen-bond donors (Lipinski definition) is 2. The van der Waals surface area contributed by atoms with Gasteiger partial charge in [0.2, 0.25) is 5.91 Å². The fourth-order valence-electron chi connectivity index (χ4n) is 3.33. The highest BCUT2D eigenvalue weighted by Gasteiger charge is 2.26. The number of aryl methyl sites for hydroxylation is 1. The molecule has 0 bridgehead atoms. The maximum absolute atomic E-state index is 12.5. The van der Waals surface area contributed by atoms with Gasteiger partial charge in [-0.25, -0.2) is 0 Å². The fraction of sp³-hybridized carbons (Fsp3) is 0.733. The van der Waals surface area contributed by atoms with Gasteiger partial charge in [0.25, 0.3) is 0 Å². The Balaban J connectivity index is 1.57. The van der Waals surface area contributed by atoms with Crippen molar-refractivity contribution in [2.45, 2.75) is 38.8 Å². The van der Waals surface area contributed by atoms with E-state index in [1.165, 1.54) is 5.56 Å². The van der Waals surface area contributed by atoms with E-state index in [0.717, 1.165) is 50.3 Å². The molecule has 1 saturated heterocycles. The lowest BCUT2D eigenvalue weighted by Crippen LogP contribution is -2.47. The number of nitrogens with one attached hydrogen (secondary N) is 2. The Morgan fingerprint density at radius 3 is 2.95 bits per heavy atom. The summed E-state index contributed by atoms with van der Waals surface area (Å²) in [6.07, 6.45) is 3.13. The summed E-state index contributed by atoms with van der Waals surface area (Å²) in [5, 5.41) is 10.7. The van der Waals surface area contributed by atoms with Crippen LogP contribution in [0.1, 0.15) is 29.8 Å². The van der Waals surface area contributed by atoms with Crippen LogP contribution in [0.25, 0.3) is 0 Å². The predicted molar refractivity (Wildman–Crippen MR) is 81.0 cm³/mol. The van der Waals surface area contributed by atoms with Crippen molar-refractivity contribution >= 4 is 5.91 Å². The Morgan fingerprint density at radius 2 is 2.19 bits per heavy atom. The zero-order valence-electron chi connectivity index (χ0n) is 13.0. The van der Waals surface area contributed by atoms with Crippen LogP contribution in [-0.4, -0.2) is 65.2 Å². The van der Waals surface area contributed by atoms with Crippen LogP contribution in [0, 0.1) is 6.92 Å². The molecule has 2 aliphatic rings. The number of hydrogen-bond acceptors (Lipinski definition) is 4. The summed E-state index contributed by atoms with van der Waals surface area (Å²) < 4.78 is 0. The van der Waals surface area contributed by atoms with Gasteiger partial charge in [0, 0.05) is 36.8 Å². The molecule has 0 spiro atoms. The zero-order chi connectivity index (χ0) is 14.8. The number of aromatic nitrogens is 2. The maximum Gasteiger partial charge on any atom is 0.237 e. The number of carbonyl (C=O) groups is 1. The quantitative estimate of drug-likeness (QED) is 0.840. The summed E-state index contributed by atoms with van der Waals surface area (Å²) in [4.78, 5) is 16.7. The number of rotatable bonds is 3. The summed E-state index contributed by atoms with van der Waals surface area (Å²) in [7, 11) is 2.08. The number of aromatic amines is 1. The average Bonchev–Trinajstić information content (AvgIpc) is 2.89. The molecule has 1 fully saturated rings. The molecule has 6 nitrogen and oxygen atoms in total. The zero-order valence-corrected chi connectivity index (χ0v) is 13.0. The van der Waals surface area contributed by atoms with E-state index >= 15 is 0 Å². The summed E-state index contributed by atoms with van der Waals surface area (Å²) in [5.41, 5.74) is 3.43. The van der Waals surface area contributed by atoms with Gasteiger partial charge in [0.05, 0.1) is 12.2 Å². The first-order valence-corrected chi connectivity index (χ1v) is 7.86. The molecular formula is C15H25N5O. The van der Waals surface area contributed by atoms with Gasteiger partial charge < -0.3 is 10.2 Å². The van der Waals surface area contributed by atoms with Crippen LogP contribution < -0.4 is 5.32 Å². The third kappa shape index (κ3) is 3.11. The van der Waals surface area contributed by atoms with E-state index in [9.17, 15) is 4.79 Å². The largest absolute Gasteiger partial charge is 0.337 e. The van der Waals surface area contributed by atoms with E-state index in [1.54, 1.807) is 0 Å². The van der Waals surface area contributed by atoms with Crippen LogP contribution in [-0.2, 0) is 17.8 Å². The molecule has 0 saturated carbocycles. The molecule has 2 aliphatic heterocycles. The number of fused-ring (bicyclic) bond motifs is 1. The molecule has 0 unspecified atom stereocenters. The van der Waals surface area contributed by atoms with Crippen molar-refractivity contribution in [1.82, 2.24) is 25.3 Å². The average molecular weight is 291 g/mol. The molecule has 0 radical (unpaired) electrons. The standard InChI is InChI=1S/C15H25N5O/c1-11-13-9-20(8-5-14(13)18-17-11)15(21)10-19(2)12-3-6-16-7-4-12/h12,16H,3-10H2,1-2H3,(H,17,18). The number of amides is 1. The Morgan fingerprint density at radius 1 is 1.43 bits per heavy atom. The first-order chi connectivity index (χ1) is 10.1. The minimum Gasteiger partial charge on any atom is -0.337 e. The van der Waals surface area contributed by atoms with Gasteiger partial charge in [0.15, 0.2) is 0 Å². The van der Waals surface area contributed by atoms with Crippen LogP contribution in [0.2, 0.25) is 0 Å². The van der Waals surface area contributed by atoms with Gasteiger partial charge in [-0.15, -0.1) is 0 Å². The molecule has 3 rings (SSSR count). The van der Waals surface area contributed by atoms with Crippen LogP contribution in [0.3, 0.4) is 0 Å². The van der Waals surface area contributed by atoms with Crippen molar-refractivity contribution in [2.24, 2.45) is 0 Å². The molecule has 116 valence electrons. The summed E-state index contributed by atoms with van der Waals surface area (Å²) in [5.74, 6) is 0.238. The molecule has 3 heterocycles. The minimum absolute atomic E-state index is 0.238. The highest BCUT2D eigenvalue weighted by Crippen LogP contribution is 2.20. The molecule has 1 amide bonds. The van der Waals surface area contributed by atoms with E-state index in [0.29, 0.717) is 19.1 Å². The monoisotopic (exact) mass is 291 g/mol. The Kier molecular flexibility index (Phi) is 4.26. The van der Waals surface area contributed by atoms with Crippen molar-refractivity contribution in [3.05, 3.63) is 17.0 Å². The lowest BCUT2D eigenvalue weighted by molar-refractivity contribution is -0.133. The number of nitrogens with zero attached hydrogens (tertiary/aromatic N) is 3. The fourth-order valence-corrected chi connectivity index (χ4v) is 3.33. The summed E-state index contributed by atoms with van der Waals surface area (Å²) in [6.45, 7) is 6.17. The molecule has 2 N–H and O–H groups in total. The van der Waals surface area contributed by atoms with E-state index in [2.05, 4.69) is 27.5 Å². The van der Waals surface area contributed by atoms with Crippen molar-refractivity contribution in [2.75, 3.05) is 33.2 Å². The third-order valence-electron chi connectivity index (χ3n) is 4.80. The SMILES string of the molecule is Cc1[nH]nc2c1CN(C(=O)CN(C)C1CCNCC1)CC2. The molecule has 0 atom stereocenters. The number of piperidine rings is 1. The molecule has 0 aromatic carbocycles. The van der Waals surface area contributed by atoms with Crippen molar-refractivity contribution in [3.63, 3.8) is 0 Å². The van der Waals surface area contributed by atoms with Gasteiger partial charge in [-0.05, 0) is 39.9 Å². The van der Waals surface area contributed by atoms with Crippen molar-refractivity contribution < 1.29 is 4.79 Å². The molecule has 1 aromatic heterocycles. The second-order valence-corrected chi connectivity index (χ2v) is 6.24. The second-order valence-electron chi connectivity index (χ2n) is 6.24. The Hall–Kier alpha value is -1.40. The summed E-state index contributed by atoms with van der Waals surface area (Å²) in [6, 6.07) is 0.534. The lowest BCUT2D eigenvalue weighted by atomic mass is 10.0. The van der Waals surface area contributed by atoms with E-state index in [4.69, 9.17) is 0 Å².